The van der Waals surface area contributed by atoms with Gasteiger partial charge in [0.25, 0.3) is 0 Å². The van der Waals surface area contributed by atoms with Crippen molar-refractivity contribution >= 4 is 11.7 Å². The summed E-state index contributed by atoms with van der Waals surface area (Å²) in [5, 5.41) is 14.0. The van der Waals surface area contributed by atoms with Crippen LogP contribution in [0.4, 0.5) is 0 Å². The van der Waals surface area contributed by atoms with Gasteiger partial charge in [-0.25, -0.2) is 0 Å². The summed E-state index contributed by atoms with van der Waals surface area (Å²) in [5.41, 5.74) is 5.31. The number of carbonyl (C=O) groups is 1. The Morgan fingerprint density at radius 1 is 1.29 bits per heavy atom. The van der Waals surface area contributed by atoms with Crippen LogP contribution >= 0.6 is 0 Å². The first-order chi connectivity index (χ1) is 8.22. The third-order valence-corrected chi connectivity index (χ3v) is 3.28. The standard InChI is InChI=1S/C12H23N3O2/c13-11(15-17)7-8-14-12(16)9-10-5-3-1-2-4-6-10/h10,17H,1-9H2,(H2,13,15)(H,14,16). The average Bonchev–Trinajstić information content (AvgIpc) is 2.57. The van der Waals surface area contributed by atoms with Gasteiger partial charge in [-0.05, 0) is 18.8 Å². The molecule has 5 nitrogen and oxygen atoms in total. The molecular weight excluding hydrogens is 218 g/mol. The van der Waals surface area contributed by atoms with Crippen LogP contribution in [0.25, 0.3) is 0 Å². The molecule has 1 aliphatic carbocycles. The predicted octanol–water partition coefficient (Wildman–Crippen LogP) is 1.60. The number of amidine groups is 1. The Bertz CT molecular complexity index is 258. The molecule has 98 valence electrons. The Balaban J connectivity index is 2.15. The summed E-state index contributed by atoms with van der Waals surface area (Å²) in [5.74, 6) is 0.781. The van der Waals surface area contributed by atoms with Crippen molar-refractivity contribution in [1.82, 2.24) is 5.32 Å². The highest BCUT2D eigenvalue weighted by Crippen LogP contribution is 2.25. The molecule has 0 aromatic rings. The summed E-state index contributed by atoms with van der Waals surface area (Å²) < 4.78 is 0. The van der Waals surface area contributed by atoms with Crippen molar-refractivity contribution in [3.05, 3.63) is 0 Å². The lowest BCUT2D eigenvalue weighted by molar-refractivity contribution is -0.122. The normalized spacial score (nSPS) is 18.7. The minimum atomic E-state index is 0.0858. The molecule has 1 fully saturated rings. The number of rotatable bonds is 5. The van der Waals surface area contributed by atoms with E-state index in [2.05, 4.69) is 10.5 Å². The number of nitrogens with two attached hydrogens (primary N) is 1. The zero-order valence-electron chi connectivity index (χ0n) is 10.3. The van der Waals surface area contributed by atoms with Gasteiger partial charge in [-0.2, -0.15) is 0 Å². The minimum Gasteiger partial charge on any atom is -0.409 e. The van der Waals surface area contributed by atoms with Crippen molar-refractivity contribution in [2.75, 3.05) is 6.54 Å². The molecule has 0 radical (unpaired) electrons. The third kappa shape index (κ3) is 6.14. The zero-order chi connectivity index (χ0) is 12.5. The van der Waals surface area contributed by atoms with Gasteiger partial charge in [-0.3, -0.25) is 4.79 Å². The number of oxime groups is 1. The fraction of sp³-hybridized carbons (Fsp3) is 0.833. The topological polar surface area (TPSA) is 87.7 Å². The second-order valence-electron chi connectivity index (χ2n) is 4.75. The molecule has 0 saturated heterocycles. The maximum atomic E-state index is 11.6. The Hall–Kier alpha value is -1.26. The Labute approximate surface area is 102 Å². The van der Waals surface area contributed by atoms with E-state index in [1.807, 2.05) is 0 Å². The SMILES string of the molecule is NC(CCNC(=O)CC1CCCCCC1)=NO. The van der Waals surface area contributed by atoms with Crippen molar-refractivity contribution in [1.29, 1.82) is 0 Å². The Kier molecular flexibility index (Phi) is 6.43. The molecule has 0 aromatic heterocycles. The molecule has 0 aliphatic heterocycles. The molecular formula is C12H23N3O2. The smallest absolute Gasteiger partial charge is 0.220 e. The van der Waals surface area contributed by atoms with E-state index in [-0.39, 0.29) is 11.7 Å². The number of nitrogens with one attached hydrogen (secondary N) is 1. The van der Waals surface area contributed by atoms with Gasteiger partial charge in [0.15, 0.2) is 0 Å². The average molecular weight is 241 g/mol. The maximum absolute atomic E-state index is 11.6. The van der Waals surface area contributed by atoms with Gasteiger partial charge < -0.3 is 16.3 Å². The van der Waals surface area contributed by atoms with Crippen LogP contribution < -0.4 is 11.1 Å². The fourth-order valence-corrected chi connectivity index (χ4v) is 2.28. The van der Waals surface area contributed by atoms with Crippen LogP contribution in [0.1, 0.15) is 51.4 Å². The molecule has 1 aliphatic rings. The molecule has 0 spiro atoms. The lowest BCUT2D eigenvalue weighted by Gasteiger charge is -2.13. The highest BCUT2D eigenvalue weighted by atomic mass is 16.4. The molecule has 1 saturated carbocycles. The van der Waals surface area contributed by atoms with Gasteiger partial charge in [-0.15, -0.1) is 0 Å². The van der Waals surface area contributed by atoms with Crippen LogP contribution in [0.5, 0.6) is 0 Å². The van der Waals surface area contributed by atoms with Crippen LogP contribution in [0.3, 0.4) is 0 Å². The van der Waals surface area contributed by atoms with E-state index >= 15 is 0 Å². The van der Waals surface area contributed by atoms with E-state index in [9.17, 15) is 4.79 Å². The number of nitrogens with zero attached hydrogens (tertiary/aromatic N) is 1. The lowest BCUT2D eigenvalue weighted by atomic mass is 9.96. The summed E-state index contributed by atoms with van der Waals surface area (Å²) in [7, 11) is 0. The molecule has 4 N–H and O–H groups in total. The van der Waals surface area contributed by atoms with Crippen molar-refractivity contribution in [2.45, 2.75) is 51.4 Å². The second kappa shape index (κ2) is 7.92. The number of amides is 1. The van der Waals surface area contributed by atoms with Crippen molar-refractivity contribution < 1.29 is 10.0 Å². The van der Waals surface area contributed by atoms with Crippen LogP contribution in [-0.2, 0) is 4.79 Å². The van der Waals surface area contributed by atoms with E-state index in [1.54, 1.807) is 0 Å². The van der Waals surface area contributed by atoms with E-state index in [0.717, 1.165) is 0 Å². The molecule has 0 atom stereocenters. The van der Waals surface area contributed by atoms with E-state index < -0.39 is 0 Å². The van der Waals surface area contributed by atoms with Crippen LogP contribution in [-0.4, -0.2) is 23.5 Å². The van der Waals surface area contributed by atoms with Gasteiger partial charge in [0.1, 0.15) is 5.84 Å². The van der Waals surface area contributed by atoms with Crippen LogP contribution in [0.15, 0.2) is 5.16 Å². The Morgan fingerprint density at radius 2 is 1.94 bits per heavy atom. The molecule has 1 rings (SSSR count). The first-order valence-electron chi connectivity index (χ1n) is 6.45. The molecule has 17 heavy (non-hydrogen) atoms. The summed E-state index contributed by atoms with van der Waals surface area (Å²) >= 11 is 0. The van der Waals surface area contributed by atoms with Crippen molar-refractivity contribution in [3.8, 4) is 0 Å². The van der Waals surface area contributed by atoms with Gasteiger partial charge in [0, 0.05) is 19.4 Å². The lowest BCUT2D eigenvalue weighted by Crippen LogP contribution is -2.29. The molecule has 5 heteroatoms. The van der Waals surface area contributed by atoms with Crippen molar-refractivity contribution in [3.63, 3.8) is 0 Å². The monoisotopic (exact) mass is 241 g/mol. The molecule has 0 aromatic carbocycles. The first kappa shape index (κ1) is 13.8. The third-order valence-electron chi connectivity index (χ3n) is 3.28. The quantitative estimate of drug-likeness (QED) is 0.224. The number of hydrogen-bond donors (Lipinski definition) is 3. The van der Waals surface area contributed by atoms with E-state index in [4.69, 9.17) is 10.9 Å². The first-order valence-corrected chi connectivity index (χ1v) is 6.45. The molecule has 0 bridgehead atoms. The van der Waals surface area contributed by atoms with Gasteiger partial charge >= 0.3 is 0 Å². The molecule has 1 amide bonds. The minimum absolute atomic E-state index is 0.0858. The largest absolute Gasteiger partial charge is 0.409 e. The van der Waals surface area contributed by atoms with E-state index in [1.165, 1.54) is 38.5 Å². The van der Waals surface area contributed by atoms with Gasteiger partial charge in [0.2, 0.25) is 5.91 Å². The summed E-state index contributed by atoms with van der Waals surface area (Å²) in [6.07, 6.45) is 8.48. The second-order valence-corrected chi connectivity index (χ2v) is 4.75. The maximum Gasteiger partial charge on any atom is 0.220 e. The molecule has 0 heterocycles. The van der Waals surface area contributed by atoms with Crippen molar-refractivity contribution in [2.24, 2.45) is 16.8 Å². The van der Waals surface area contributed by atoms with E-state index in [0.29, 0.717) is 25.3 Å². The summed E-state index contributed by atoms with van der Waals surface area (Å²) in [6.45, 7) is 0.446. The highest BCUT2D eigenvalue weighted by molar-refractivity contribution is 5.81. The van der Waals surface area contributed by atoms with Crippen LogP contribution in [0, 0.1) is 5.92 Å². The van der Waals surface area contributed by atoms with Crippen LogP contribution in [0.2, 0.25) is 0 Å². The number of carbonyl (C=O) groups excluding carboxylic acids is 1. The fourth-order valence-electron chi connectivity index (χ4n) is 2.28. The Morgan fingerprint density at radius 3 is 2.53 bits per heavy atom. The highest BCUT2D eigenvalue weighted by Gasteiger charge is 2.15. The summed E-state index contributed by atoms with van der Waals surface area (Å²) in [6, 6.07) is 0. The number of hydrogen-bond acceptors (Lipinski definition) is 3. The van der Waals surface area contributed by atoms with Gasteiger partial charge in [-0.1, -0.05) is 30.8 Å². The zero-order valence-corrected chi connectivity index (χ0v) is 10.3. The predicted molar refractivity (Wildman–Crippen MR) is 66.8 cm³/mol. The summed E-state index contributed by atoms with van der Waals surface area (Å²) in [4.78, 5) is 11.6. The van der Waals surface area contributed by atoms with Gasteiger partial charge in [0.05, 0.1) is 0 Å². The molecule has 0 unspecified atom stereocenters.